The molecule has 1 amide bonds. The summed E-state index contributed by atoms with van der Waals surface area (Å²) in [7, 11) is 0.989. The second-order valence-electron chi connectivity index (χ2n) is 5.17. The van der Waals surface area contributed by atoms with Crippen LogP contribution in [0.15, 0.2) is 24.3 Å². The third-order valence-corrected chi connectivity index (χ3v) is 3.14. The van der Waals surface area contributed by atoms with Gasteiger partial charge in [0.1, 0.15) is 18.1 Å². The fraction of sp³-hybridized carbons (Fsp3) is 0.286. The molecule has 0 unspecified atom stereocenters. The summed E-state index contributed by atoms with van der Waals surface area (Å²) in [6, 6.07) is 3.27. The molecule has 1 N–H and O–H groups in total. The van der Waals surface area contributed by atoms with Crippen LogP contribution in [0.25, 0.3) is 0 Å². The Labute approximate surface area is 147 Å². The zero-order valence-corrected chi connectivity index (χ0v) is 13.5. The third kappa shape index (κ3) is 5.12. The first kappa shape index (κ1) is 20.1. The second-order valence-corrected chi connectivity index (χ2v) is 5.17. The van der Waals surface area contributed by atoms with E-state index in [-0.39, 0.29) is 11.4 Å². The van der Waals surface area contributed by atoms with Crippen LogP contribution in [-0.4, -0.2) is 33.6 Å². The number of benzene rings is 1. The number of nitrogens with zero attached hydrogens (tertiary/aromatic N) is 3. The van der Waals surface area contributed by atoms with Gasteiger partial charge in [0, 0.05) is 25.2 Å². The molecule has 2 aromatic rings. The van der Waals surface area contributed by atoms with Crippen molar-refractivity contribution in [1.29, 1.82) is 0 Å². The molecule has 1 aromatic heterocycles. The van der Waals surface area contributed by atoms with Crippen molar-refractivity contribution in [3.8, 4) is 5.75 Å². The lowest BCUT2D eigenvalue weighted by molar-refractivity contribution is -0.384. The Morgan fingerprint density at radius 2 is 2.00 bits per heavy atom. The van der Waals surface area contributed by atoms with Gasteiger partial charge in [-0.3, -0.25) is 19.6 Å². The molecule has 8 nitrogen and oxygen atoms in total. The van der Waals surface area contributed by atoms with Crippen molar-refractivity contribution >= 4 is 17.3 Å². The van der Waals surface area contributed by atoms with Gasteiger partial charge in [-0.1, -0.05) is 0 Å². The van der Waals surface area contributed by atoms with Gasteiger partial charge in [0.05, 0.1) is 16.7 Å². The minimum Gasteiger partial charge on any atom is -0.487 e. The largest absolute Gasteiger partial charge is 0.487 e. The number of ether oxygens (including phenoxy) is 1. The van der Waals surface area contributed by atoms with E-state index in [0.29, 0.717) is 10.7 Å². The molecule has 1 aromatic carbocycles. The number of hydrogen-bond donors (Lipinski definition) is 1. The molecule has 27 heavy (non-hydrogen) atoms. The third-order valence-electron chi connectivity index (χ3n) is 3.14. The van der Waals surface area contributed by atoms with Crippen molar-refractivity contribution in [2.24, 2.45) is 7.05 Å². The van der Waals surface area contributed by atoms with Gasteiger partial charge in [-0.05, 0) is 0 Å². The zero-order chi connectivity index (χ0) is 20.4. The highest BCUT2D eigenvalue weighted by molar-refractivity contribution is 6.03. The Kier molecular flexibility index (Phi) is 5.61. The van der Waals surface area contributed by atoms with Crippen LogP contribution in [0.5, 0.6) is 5.75 Å². The summed E-state index contributed by atoms with van der Waals surface area (Å²) in [5, 5.41) is 16.5. The Bertz CT molecular complexity index is 866. The lowest BCUT2D eigenvalue weighted by Gasteiger charge is -2.08. The molecule has 0 fully saturated rings. The molecule has 2 rings (SSSR count). The zero-order valence-electron chi connectivity index (χ0n) is 13.5. The molecule has 0 spiro atoms. The standard InChI is InChI=1S/C14H11F5N4O4/c1-22-11(14(17,18)19)5-10(21-22)13(24)20-7-2-8(23(25)26)4-9(3-7)27-6-12(15)16/h2-5,12H,6H2,1H3,(H,20,24). The second kappa shape index (κ2) is 7.55. The maximum absolute atomic E-state index is 12.8. The molecule has 0 saturated carbocycles. The Morgan fingerprint density at radius 3 is 2.52 bits per heavy atom. The molecule has 1 heterocycles. The molecule has 146 valence electrons. The number of aryl methyl sites for hydroxylation is 1. The minimum atomic E-state index is -4.73. The molecular weight excluding hydrogens is 383 g/mol. The molecule has 0 aliphatic rings. The summed E-state index contributed by atoms with van der Waals surface area (Å²) < 4.78 is 67.8. The quantitative estimate of drug-likeness (QED) is 0.461. The van der Waals surface area contributed by atoms with Gasteiger partial charge in [0.15, 0.2) is 5.69 Å². The summed E-state index contributed by atoms with van der Waals surface area (Å²) in [5.74, 6) is -1.40. The summed E-state index contributed by atoms with van der Waals surface area (Å²) in [4.78, 5) is 22.1. The average molecular weight is 394 g/mol. The minimum absolute atomic E-state index is 0.238. The number of halogens is 5. The lowest BCUT2D eigenvalue weighted by atomic mass is 10.2. The number of hydrogen-bond acceptors (Lipinski definition) is 5. The van der Waals surface area contributed by atoms with Crippen molar-refractivity contribution in [2.45, 2.75) is 12.6 Å². The predicted octanol–water partition coefficient (Wildman–Crippen LogP) is 3.24. The Balaban J connectivity index is 2.27. The first-order valence-corrected chi connectivity index (χ1v) is 7.10. The summed E-state index contributed by atoms with van der Waals surface area (Å²) >= 11 is 0. The number of nitro groups is 1. The number of nitrogens with one attached hydrogen (secondary N) is 1. The number of carbonyl (C=O) groups is 1. The van der Waals surface area contributed by atoms with Gasteiger partial charge in [0.25, 0.3) is 18.0 Å². The number of carbonyl (C=O) groups excluding carboxylic acids is 1. The molecule has 0 bridgehead atoms. The highest BCUT2D eigenvalue weighted by Gasteiger charge is 2.35. The van der Waals surface area contributed by atoms with Crippen LogP contribution in [0.1, 0.15) is 16.2 Å². The first-order chi connectivity index (χ1) is 12.5. The normalized spacial score (nSPS) is 11.5. The van der Waals surface area contributed by atoms with Crippen LogP contribution in [0, 0.1) is 10.1 Å². The topological polar surface area (TPSA) is 99.3 Å². The molecule has 0 radical (unpaired) electrons. The Morgan fingerprint density at radius 1 is 1.33 bits per heavy atom. The van der Waals surface area contributed by atoms with Crippen LogP contribution in [0.2, 0.25) is 0 Å². The van der Waals surface area contributed by atoms with Crippen molar-refractivity contribution in [2.75, 3.05) is 11.9 Å². The maximum atomic E-state index is 12.8. The van der Waals surface area contributed by atoms with Crippen molar-refractivity contribution in [3.05, 3.63) is 45.8 Å². The van der Waals surface area contributed by atoms with E-state index in [9.17, 15) is 36.9 Å². The van der Waals surface area contributed by atoms with Gasteiger partial charge >= 0.3 is 6.18 Å². The number of non-ortho nitro benzene ring substituents is 1. The van der Waals surface area contributed by atoms with Crippen molar-refractivity contribution < 1.29 is 36.4 Å². The summed E-state index contributed by atoms with van der Waals surface area (Å²) in [5.41, 5.74) is -2.58. The number of alkyl halides is 5. The molecule has 0 atom stereocenters. The van der Waals surface area contributed by atoms with E-state index in [1.807, 2.05) is 0 Å². The average Bonchev–Trinajstić information content (AvgIpc) is 2.95. The van der Waals surface area contributed by atoms with E-state index in [4.69, 9.17) is 0 Å². The van der Waals surface area contributed by atoms with Gasteiger partial charge in [0.2, 0.25) is 0 Å². The van der Waals surface area contributed by atoms with Crippen LogP contribution < -0.4 is 10.1 Å². The van der Waals surface area contributed by atoms with E-state index in [2.05, 4.69) is 15.2 Å². The highest BCUT2D eigenvalue weighted by Crippen LogP contribution is 2.30. The number of nitro benzene ring substituents is 1. The lowest BCUT2D eigenvalue weighted by Crippen LogP contribution is -2.14. The van der Waals surface area contributed by atoms with Gasteiger partial charge in [-0.2, -0.15) is 18.3 Å². The SMILES string of the molecule is Cn1nc(C(=O)Nc2cc(OCC(F)F)cc([N+](=O)[O-])c2)cc1C(F)(F)F. The summed E-state index contributed by atoms with van der Waals surface area (Å²) in [6.45, 7) is -1.04. The maximum Gasteiger partial charge on any atom is 0.433 e. The molecular formula is C14H11F5N4O4. The van der Waals surface area contributed by atoms with Crippen molar-refractivity contribution in [1.82, 2.24) is 9.78 Å². The molecule has 13 heteroatoms. The van der Waals surface area contributed by atoms with Gasteiger partial charge in [-0.15, -0.1) is 0 Å². The smallest absolute Gasteiger partial charge is 0.433 e. The highest BCUT2D eigenvalue weighted by atomic mass is 19.4. The first-order valence-electron chi connectivity index (χ1n) is 7.10. The molecule has 0 aliphatic carbocycles. The molecule has 0 aliphatic heterocycles. The Hall–Kier alpha value is -3.25. The number of aromatic nitrogens is 2. The predicted molar refractivity (Wildman–Crippen MR) is 80.8 cm³/mol. The number of anilines is 1. The summed E-state index contributed by atoms with van der Waals surface area (Å²) in [6.07, 6.45) is -7.57. The molecule has 0 saturated heterocycles. The van der Waals surface area contributed by atoms with Crippen LogP contribution in [0.3, 0.4) is 0 Å². The van der Waals surface area contributed by atoms with E-state index < -0.39 is 47.1 Å². The van der Waals surface area contributed by atoms with E-state index in [0.717, 1.165) is 25.2 Å². The van der Waals surface area contributed by atoms with E-state index in [1.54, 1.807) is 0 Å². The van der Waals surface area contributed by atoms with E-state index >= 15 is 0 Å². The van der Waals surface area contributed by atoms with Gasteiger partial charge in [-0.25, -0.2) is 8.78 Å². The number of amides is 1. The van der Waals surface area contributed by atoms with Crippen LogP contribution in [-0.2, 0) is 13.2 Å². The number of rotatable bonds is 6. The fourth-order valence-electron chi connectivity index (χ4n) is 2.04. The van der Waals surface area contributed by atoms with E-state index in [1.165, 1.54) is 0 Å². The fourth-order valence-corrected chi connectivity index (χ4v) is 2.04. The van der Waals surface area contributed by atoms with Crippen LogP contribution >= 0.6 is 0 Å². The van der Waals surface area contributed by atoms with Gasteiger partial charge < -0.3 is 10.1 Å². The van der Waals surface area contributed by atoms with Crippen LogP contribution in [0.4, 0.5) is 33.3 Å². The monoisotopic (exact) mass is 394 g/mol. The van der Waals surface area contributed by atoms with Crippen molar-refractivity contribution in [3.63, 3.8) is 0 Å².